The van der Waals surface area contributed by atoms with Gasteiger partial charge in [0.05, 0.1) is 24.5 Å². The maximum atomic E-state index is 9.28. The molecule has 3 unspecified atom stereocenters. The number of aliphatic hydroxyl groups is 1. The number of hydrogen-bond donors (Lipinski definition) is 2. The number of anilines is 1. The molecule has 0 aromatic heterocycles. The van der Waals surface area contributed by atoms with Crippen LogP contribution < -0.4 is 10.6 Å². The Morgan fingerprint density at radius 3 is 2.84 bits per heavy atom. The normalized spacial score (nSPS) is 25.4. The van der Waals surface area contributed by atoms with E-state index in [0.717, 1.165) is 22.3 Å². The van der Waals surface area contributed by atoms with Crippen molar-refractivity contribution in [2.75, 3.05) is 24.6 Å². The van der Waals surface area contributed by atoms with E-state index in [9.17, 15) is 5.11 Å². The summed E-state index contributed by atoms with van der Waals surface area (Å²) in [5, 5.41) is 9.28. The van der Waals surface area contributed by atoms with Crippen LogP contribution in [0.3, 0.4) is 0 Å². The topological polar surface area (TPSA) is 58.7 Å². The molecule has 3 atom stereocenters. The highest BCUT2D eigenvalue weighted by molar-refractivity contribution is 9.10. The molecule has 2 rings (SSSR count). The van der Waals surface area contributed by atoms with E-state index in [1.807, 2.05) is 13.8 Å². The van der Waals surface area contributed by atoms with E-state index in [4.69, 9.17) is 10.5 Å². The minimum atomic E-state index is -0.122. The second kappa shape index (κ2) is 6.22. The van der Waals surface area contributed by atoms with Crippen LogP contribution in [0, 0.1) is 0 Å². The van der Waals surface area contributed by atoms with Crippen molar-refractivity contribution in [3.05, 3.63) is 28.2 Å². The number of benzene rings is 1. The Hall–Kier alpha value is -0.620. The van der Waals surface area contributed by atoms with Crippen LogP contribution in [0.2, 0.25) is 0 Å². The predicted molar refractivity (Wildman–Crippen MR) is 80.4 cm³/mol. The van der Waals surface area contributed by atoms with Gasteiger partial charge in [-0.2, -0.15) is 0 Å². The van der Waals surface area contributed by atoms with E-state index in [-0.39, 0.29) is 24.9 Å². The van der Waals surface area contributed by atoms with Gasteiger partial charge in [0.25, 0.3) is 0 Å². The van der Waals surface area contributed by atoms with Crippen molar-refractivity contribution in [1.82, 2.24) is 0 Å². The molecule has 4 nitrogen and oxygen atoms in total. The van der Waals surface area contributed by atoms with Gasteiger partial charge in [-0.1, -0.05) is 6.07 Å². The standard InChI is InChI=1S/C14H21BrN2O2/c1-9-6-17(7-12(8-18)19-9)14-4-3-11(10(2)16)5-13(14)15/h3-5,9-10,12,18H,6-8,16H2,1-2H3. The van der Waals surface area contributed by atoms with Crippen molar-refractivity contribution in [2.24, 2.45) is 5.73 Å². The van der Waals surface area contributed by atoms with Crippen molar-refractivity contribution < 1.29 is 9.84 Å². The van der Waals surface area contributed by atoms with E-state index in [1.54, 1.807) is 0 Å². The summed E-state index contributed by atoms with van der Waals surface area (Å²) in [5.41, 5.74) is 8.12. The molecule has 106 valence electrons. The number of halogens is 1. The number of nitrogens with two attached hydrogens (primary N) is 1. The van der Waals surface area contributed by atoms with E-state index in [1.165, 1.54) is 0 Å². The highest BCUT2D eigenvalue weighted by Crippen LogP contribution is 2.31. The van der Waals surface area contributed by atoms with Gasteiger partial charge in [-0.3, -0.25) is 0 Å². The molecule has 1 heterocycles. The Balaban J connectivity index is 2.21. The number of morpholine rings is 1. The lowest BCUT2D eigenvalue weighted by atomic mass is 10.1. The average molecular weight is 329 g/mol. The summed E-state index contributed by atoms with van der Waals surface area (Å²) in [6.07, 6.45) is -0.00494. The van der Waals surface area contributed by atoms with Crippen LogP contribution in [0.15, 0.2) is 22.7 Å². The molecule has 1 aromatic rings. The van der Waals surface area contributed by atoms with Crippen molar-refractivity contribution in [3.63, 3.8) is 0 Å². The summed E-state index contributed by atoms with van der Waals surface area (Å²) in [5.74, 6) is 0. The zero-order chi connectivity index (χ0) is 14.0. The first-order chi connectivity index (χ1) is 9.01. The van der Waals surface area contributed by atoms with Gasteiger partial charge in [-0.25, -0.2) is 0 Å². The van der Waals surface area contributed by atoms with Crippen LogP contribution in [-0.4, -0.2) is 37.0 Å². The third kappa shape index (κ3) is 3.48. The molecular formula is C14H21BrN2O2. The van der Waals surface area contributed by atoms with Gasteiger partial charge in [-0.05, 0) is 47.5 Å². The zero-order valence-electron chi connectivity index (χ0n) is 11.3. The molecule has 5 heteroatoms. The van der Waals surface area contributed by atoms with E-state index < -0.39 is 0 Å². The molecule has 1 aliphatic heterocycles. The fourth-order valence-corrected chi connectivity index (χ4v) is 3.05. The molecule has 0 radical (unpaired) electrons. The Morgan fingerprint density at radius 1 is 1.53 bits per heavy atom. The Morgan fingerprint density at radius 2 is 2.26 bits per heavy atom. The van der Waals surface area contributed by atoms with Crippen molar-refractivity contribution in [2.45, 2.75) is 32.1 Å². The summed E-state index contributed by atoms with van der Waals surface area (Å²) in [6, 6.07) is 6.22. The lowest BCUT2D eigenvalue weighted by Gasteiger charge is -2.38. The van der Waals surface area contributed by atoms with Crippen molar-refractivity contribution in [1.29, 1.82) is 0 Å². The first-order valence-corrected chi connectivity index (χ1v) is 7.37. The summed E-state index contributed by atoms with van der Waals surface area (Å²) < 4.78 is 6.70. The zero-order valence-corrected chi connectivity index (χ0v) is 12.9. The number of ether oxygens (including phenoxy) is 1. The van der Waals surface area contributed by atoms with Gasteiger partial charge in [0, 0.05) is 23.6 Å². The van der Waals surface area contributed by atoms with Gasteiger partial charge in [0.15, 0.2) is 0 Å². The lowest BCUT2D eigenvalue weighted by molar-refractivity contribution is -0.0421. The molecule has 0 amide bonds. The number of nitrogens with zero attached hydrogens (tertiary/aromatic N) is 1. The molecule has 0 spiro atoms. The van der Waals surface area contributed by atoms with Crippen LogP contribution in [0.25, 0.3) is 0 Å². The van der Waals surface area contributed by atoms with Crippen LogP contribution in [-0.2, 0) is 4.74 Å². The largest absolute Gasteiger partial charge is 0.394 e. The van der Waals surface area contributed by atoms with Gasteiger partial charge in [0.2, 0.25) is 0 Å². The highest BCUT2D eigenvalue weighted by atomic mass is 79.9. The molecule has 1 aliphatic rings. The predicted octanol–water partition coefficient (Wildman–Crippen LogP) is 2.05. The fraction of sp³-hybridized carbons (Fsp3) is 0.571. The maximum Gasteiger partial charge on any atom is 0.0984 e. The van der Waals surface area contributed by atoms with Crippen LogP contribution >= 0.6 is 15.9 Å². The molecule has 0 saturated carbocycles. The van der Waals surface area contributed by atoms with E-state index >= 15 is 0 Å². The molecule has 3 N–H and O–H groups in total. The summed E-state index contributed by atoms with van der Waals surface area (Å²) in [7, 11) is 0. The molecule has 0 aliphatic carbocycles. The molecule has 19 heavy (non-hydrogen) atoms. The molecule has 1 fully saturated rings. The smallest absolute Gasteiger partial charge is 0.0984 e. The van der Waals surface area contributed by atoms with Crippen LogP contribution in [0.4, 0.5) is 5.69 Å². The van der Waals surface area contributed by atoms with Crippen LogP contribution in [0.1, 0.15) is 25.5 Å². The number of hydrogen-bond acceptors (Lipinski definition) is 4. The van der Waals surface area contributed by atoms with Crippen molar-refractivity contribution >= 4 is 21.6 Å². The Kier molecular flexibility index (Phi) is 4.84. The first kappa shape index (κ1) is 14.8. The fourth-order valence-electron chi connectivity index (χ4n) is 2.41. The SMILES string of the molecule is CC1CN(c2ccc(C(C)N)cc2Br)CC(CO)O1. The molecule has 1 saturated heterocycles. The summed E-state index contributed by atoms with van der Waals surface area (Å²) in [4.78, 5) is 2.24. The van der Waals surface area contributed by atoms with E-state index in [0.29, 0.717) is 6.54 Å². The summed E-state index contributed by atoms with van der Waals surface area (Å²) >= 11 is 3.61. The third-order valence-corrected chi connectivity index (χ3v) is 4.00. The minimum Gasteiger partial charge on any atom is -0.394 e. The average Bonchev–Trinajstić information content (AvgIpc) is 2.37. The van der Waals surface area contributed by atoms with Crippen LogP contribution in [0.5, 0.6) is 0 Å². The highest BCUT2D eigenvalue weighted by Gasteiger charge is 2.26. The number of rotatable bonds is 3. The van der Waals surface area contributed by atoms with Crippen molar-refractivity contribution in [3.8, 4) is 0 Å². The quantitative estimate of drug-likeness (QED) is 0.891. The first-order valence-electron chi connectivity index (χ1n) is 6.57. The minimum absolute atomic E-state index is 0.0270. The molecule has 0 bridgehead atoms. The molecule has 1 aromatic carbocycles. The maximum absolute atomic E-state index is 9.28. The monoisotopic (exact) mass is 328 g/mol. The van der Waals surface area contributed by atoms with E-state index in [2.05, 4.69) is 39.0 Å². The number of aliphatic hydroxyl groups excluding tert-OH is 1. The Bertz CT molecular complexity index is 439. The van der Waals surface area contributed by atoms with Gasteiger partial charge in [-0.15, -0.1) is 0 Å². The third-order valence-electron chi connectivity index (χ3n) is 3.37. The molecular weight excluding hydrogens is 308 g/mol. The lowest BCUT2D eigenvalue weighted by Crippen LogP contribution is -2.48. The van der Waals surface area contributed by atoms with Gasteiger partial charge >= 0.3 is 0 Å². The second-order valence-corrected chi connectivity index (χ2v) is 6.01. The summed E-state index contributed by atoms with van der Waals surface area (Å²) in [6.45, 7) is 5.58. The van der Waals surface area contributed by atoms with Gasteiger partial charge < -0.3 is 20.5 Å². The Labute approximate surface area is 122 Å². The second-order valence-electron chi connectivity index (χ2n) is 5.16. The van der Waals surface area contributed by atoms with Gasteiger partial charge in [0.1, 0.15) is 0 Å².